The van der Waals surface area contributed by atoms with Gasteiger partial charge in [0.2, 0.25) is 5.91 Å². The molecule has 0 spiro atoms. The van der Waals surface area contributed by atoms with Crippen LogP contribution in [0.15, 0.2) is 0 Å². The van der Waals surface area contributed by atoms with Crippen LogP contribution < -0.4 is 0 Å². The molecule has 11 heavy (non-hydrogen) atoms. The van der Waals surface area contributed by atoms with Gasteiger partial charge in [-0.1, -0.05) is 13.3 Å². The van der Waals surface area contributed by atoms with E-state index >= 15 is 0 Å². The van der Waals surface area contributed by atoms with Crippen molar-refractivity contribution in [1.29, 1.82) is 0 Å². The summed E-state index contributed by atoms with van der Waals surface area (Å²) >= 11 is 3.93. The third-order valence-corrected chi connectivity index (χ3v) is 2.17. The maximum absolute atomic E-state index is 11.1. The van der Waals surface area contributed by atoms with Gasteiger partial charge < -0.3 is 4.90 Å². The van der Waals surface area contributed by atoms with Crippen LogP contribution in [0.3, 0.4) is 0 Å². The summed E-state index contributed by atoms with van der Waals surface area (Å²) in [5.41, 5.74) is 0. The van der Waals surface area contributed by atoms with Gasteiger partial charge in [0.1, 0.15) is 0 Å². The maximum Gasteiger partial charge on any atom is 0.232 e. The Morgan fingerprint density at radius 2 is 2.18 bits per heavy atom. The summed E-state index contributed by atoms with van der Waals surface area (Å²) in [5.74, 6) is 0.416. The lowest BCUT2D eigenvalue weighted by molar-refractivity contribution is -0.128. The molecule has 0 fully saturated rings. The van der Waals surface area contributed by atoms with Crippen molar-refractivity contribution in [1.82, 2.24) is 4.90 Å². The highest BCUT2D eigenvalue weighted by molar-refractivity contribution is 7.81. The topological polar surface area (TPSA) is 20.3 Å². The summed E-state index contributed by atoms with van der Waals surface area (Å²) < 4.78 is 0. The Labute approximate surface area is 74.4 Å². The highest BCUT2D eigenvalue weighted by Crippen LogP contribution is 2.04. The van der Waals surface area contributed by atoms with Crippen molar-refractivity contribution >= 4 is 18.5 Å². The summed E-state index contributed by atoms with van der Waals surface area (Å²) in [6, 6.07) is 0.347. The Bertz CT molecular complexity index is 127. The van der Waals surface area contributed by atoms with Gasteiger partial charge in [0.05, 0.1) is 5.75 Å². The lowest BCUT2D eigenvalue weighted by Gasteiger charge is -2.23. The Morgan fingerprint density at radius 1 is 1.64 bits per heavy atom. The lowest BCUT2D eigenvalue weighted by Crippen LogP contribution is -2.35. The molecule has 0 aromatic carbocycles. The molecule has 0 aliphatic carbocycles. The highest BCUT2D eigenvalue weighted by Gasteiger charge is 2.12. The van der Waals surface area contributed by atoms with E-state index in [0.29, 0.717) is 11.8 Å². The van der Waals surface area contributed by atoms with Crippen LogP contribution in [0.25, 0.3) is 0 Å². The van der Waals surface area contributed by atoms with Gasteiger partial charge in [-0.25, -0.2) is 0 Å². The van der Waals surface area contributed by atoms with Gasteiger partial charge in [0.25, 0.3) is 0 Å². The first-order valence-corrected chi connectivity index (χ1v) is 4.63. The minimum atomic E-state index is 0.106. The van der Waals surface area contributed by atoms with Crippen molar-refractivity contribution in [2.75, 3.05) is 12.8 Å². The van der Waals surface area contributed by atoms with Crippen LogP contribution in [0, 0.1) is 0 Å². The second kappa shape index (κ2) is 5.47. The number of hydrogen-bond acceptors (Lipinski definition) is 2. The summed E-state index contributed by atoms with van der Waals surface area (Å²) in [7, 11) is 1.83. The van der Waals surface area contributed by atoms with Gasteiger partial charge in [0, 0.05) is 13.1 Å². The lowest BCUT2D eigenvalue weighted by atomic mass is 10.2. The van der Waals surface area contributed by atoms with Crippen LogP contribution in [0.5, 0.6) is 0 Å². The van der Waals surface area contributed by atoms with Crippen molar-refractivity contribution in [3.8, 4) is 0 Å². The molecule has 3 heteroatoms. The Kier molecular flexibility index (Phi) is 5.38. The van der Waals surface area contributed by atoms with Gasteiger partial charge in [0.15, 0.2) is 0 Å². The van der Waals surface area contributed by atoms with E-state index in [1.54, 1.807) is 4.90 Å². The number of hydrogen-bond donors (Lipinski definition) is 1. The van der Waals surface area contributed by atoms with Gasteiger partial charge >= 0.3 is 0 Å². The first-order valence-electron chi connectivity index (χ1n) is 4.00. The largest absolute Gasteiger partial charge is 0.342 e. The summed E-state index contributed by atoms with van der Waals surface area (Å²) in [4.78, 5) is 12.8. The molecule has 66 valence electrons. The quantitative estimate of drug-likeness (QED) is 0.643. The third kappa shape index (κ3) is 3.65. The Morgan fingerprint density at radius 3 is 2.55 bits per heavy atom. The van der Waals surface area contributed by atoms with Crippen LogP contribution in [0.1, 0.15) is 26.7 Å². The van der Waals surface area contributed by atoms with Crippen molar-refractivity contribution in [2.45, 2.75) is 32.7 Å². The molecule has 0 radical (unpaired) electrons. The molecule has 0 saturated carbocycles. The van der Waals surface area contributed by atoms with E-state index < -0.39 is 0 Å². The van der Waals surface area contributed by atoms with Crippen LogP contribution in [-0.4, -0.2) is 29.6 Å². The molecule has 0 aliphatic heterocycles. The fourth-order valence-corrected chi connectivity index (χ4v) is 1.19. The van der Waals surface area contributed by atoms with Gasteiger partial charge in [-0.05, 0) is 13.3 Å². The first kappa shape index (κ1) is 10.8. The van der Waals surface area contributed by atoms with E-state index in [9.17, 15) is 4.79 Å². The van der Waals surface area contributed by atoms with E-state index in [4.69, 9.17) is 0 Å². The summed E-state index contributed by atoms with van der Waals surface area (Å²) in [6.07, 6.45) is 2.18. The molecular weight excluding hydrogens is 158 g/mol. The molecule has 0 saturated heterocycles. The predicted molar refractivity (Wildman–Crippen MR) is 51.0 cm³/mol. The number of thiol groups is 1. The Balaban J connectivity index is 3.80. The zero-order valence-electron chi connectivity index (χ0n) is 7.50. The fourth-order valence-electron chi connectivity index (χ4n) is 0.969. The number of carbonyl (C=O) groups is 1. The molecule has 2 nitrogen and oxygen atoms in total. The maximum atomic E-state index is 11.1. The zero-order valence-corrected chi connectivity index (χ0v) is 8.40. The average molecular weight is 175 g/mol. The van der Waals surface area contributed by atoms with Gasteiger partial charge in [-0.3, -0.25) is 4.79 Å². The van der Waals surface area contributed by atoms with Crippen molar-refractivity contribution in [2.24, 2.45) is 0 Å². The minimum Gasteiger partial charge on any atom is -0.342 e. The molecule has 1 unspecified atom stereocenters. The SMILES string of the molecule is CCCC(C)N(C)C(=O)CS. The highest BCUT2D eigenvalue weighted by atomic mass is 32.1. The van der Waals surface area contributed by atoms with E-state index in [-0.39, 0.29) is 5.91 Å². The molecular formula is C8H17NOS. The smallest absolute Gasteiger partial charge is 0.232 e. The van der Waals surface area contributed by atoms with Crippen molar-refractivity contribution in [3.63, 3.8) is 0 Å². The third-order valence-electron chi connectivity index (χ3n) is 1.90. The van der Waals surface area contributed by atoms with Crippen molar-refractivity contribution < 1.29 is 4.79 Å². The van der Waals surface area contributed by atoms with Crippen LogP contribution in [0.4, 0.5) is 0 Å². The molecule has 1 atom stereocenters. The molecule has 0 aromatic heterocycles. The van der Waals surface area contributed by atoms with Crippen LogP contribution in [0.2, 0.25) is 0 Å². The average Bonchev–Trinajstić information content (AvgIpc) is 2.02. The molecule has 0 aromatic rings. The fraction of sp³-hybridized carbons (Fsp3) is 0.875. The molecule has 0 heterocycles. The number of carbonyl (C=O) groups excluding carboxylic acids is 1. The summed E-state index contributed by atoms with van der Waals surface area (Å²) in [6.45, 7) is 4.18. The monoisotopic (exact) mass is 175 g/mol. The molecule has 0 bridgehead atoms. The second-order valence-electron chi connectivity index (χ2n) is 2.80. The molecule has 0 aliphatic rings. The minimum absolute atomic E-state index is 0.106. The van der Waals surface area contributed by atoms with Gasteiger partial charge in [-0.15, -0.1) is 0 Å². The van der Waals surface area contributed by atoms with Gasteiger partial charge in [-0.2, -0.15) is 12.6 Å². The molecule has 0 rings (SSSR count). The summed E-state index contributed by atoms with van der Waals surface area (Å²) in [5, 5.41) is 0. The normalized spacial score (nSPS) is 12.7. The van der Waals surface area contributed by atoms with Crippen LogP contribution >= 0.6 is 12.6 Å². The predicted octanol–water partition coefficient (Wildman–Crippen LogP) is 1.56. The van der Waals surface area contributed by atoms with E-state index in [1.807, 2.05) is 7.05 Å². The zero-order chi connectivity index (χ0) is 8.85. The van der Waals surface area contributed by atoms with E-state index in [0.717, 1.165) is 12.8 Å². The Hall–Kier alpha value is -0.180. The van der Waals surface area contributed by atoms with E-state index in [1.165, 1.54) is 0 Å². The number of nitrogens with zero attached hydrogens (tertiary/aromatic N) is 1. The van der Waals surface area contributed by atoms with Crippen molar-refractivity contribution in [3.05, 3.63) is 0 Å². The number of amides is 1. The molecule has 1 amide bonds. The second-order valence-corrected chi connectivity index (χ2v) is 3.12. The van der Waals surface area contributed by atoms with E-state index in [2.05, 4.69) is 26.5 Å². The van der Waals surface area contributed by atoms with Crippen LogP contribution in [-0.2, 0) is 4.79 Å². The molecule has 0 N–H and O–H groups in total. The standard InChI is InChI=1S/C8H17NOS/c1-4-5-7(2)9(3)8(10)6-11/h7,11H,4-6H2,1-3H3. The first-order chi connectivity index (χ1) is 5.13. The number of rotatable bonds is 4.